The van der Waals surface area contributed by atoms with Gasteiger partial charge in [0.15, 0.2) is 5.78 Å². The number of allylic oxidation sites excluding steroid dienone is 2. The first-order chi connectivity index (χ1) is 7.38. The Balaban J connectivity index is 2.41. The second kappa shape index (κ2) is 3.72. The highest BCUT2D eigenvalue weighted by Gasteiger charge is 2.49. The number of rotatable bonds is 1. The van der Waals surface area contributed by atoms with Crippen molar-refractivity contribution in [2.45, 2.75) is 59.8 Å². The minimum atomic E-state index is 0.159. The molecule has 0 aromatic carbocycles. The van der Waals surface area contributed by atoms with Gasteiger partial charge in [-0.15, -0.1) is 0 Å². The standard InChI is InChI=1S/C15H24O/c1-11(16)12-7-5-8-13-14(2,3)9-6-10-15(12,13)4/h7,13H,5-6,8-10H2,1-4H3/t13-,15+/m0/s1. The van der Waals surface area contributed by atoms with E-state index in [9.17, 15) is 4.79 Å². The van der Waals surface area contributed by atoms with Crippen LogP contribution < -0.4 is 0 Å². The molecule has 0 aromatic heterocycles. The average molecular weight is 220 g/mol. The summed E-state index contributed by atoms with van der Waals surface area (Å²) in [5.74, 6) is 0.988. The van der Waals surface area contributed by atoms with Crippen molar-refractivity contribution in [2.75, 3.05) is 0 Å². The van der Waals surface area contributed by atoms with Crippen LogP contribution in [0.1, 0.15) is 59.8 Å². The van der Waals surface area contributed by atoms with Gasteiger partial charge in [-0.05, 0) is 54.9 Å². The zero-order valence-electron chi connectivity index (χ0n) is 11.1. The van der Waals surface area contributed by atoms with Crippen molar-refractivity contribution in [1.29, 1.82) is 0 Å². The molecule has 2 aliphatic carbocycles. The predicted molar refractivity (Wildman–Crippen MR) is 67.2 cm³/mol. The molecular formula is C15H24O. The summed E-state index contributed by atoms with van der Waals surface area (Å²) in [5, 5.41) is 0. The van der Waals surface area contributed by atoms with Gasteiger partial charge in [-0.3, -0.25) is 4.79 Å². The molecule has 0 saturated heterocycles. The summed E-state index contributed by atoms with van der Waals surface area (Å²) >= 11 is 0. The highest BCUT2D eigenvalue weighted by atomic mass is 16.1. The zero-order chi connectivity index (χ0) is 12.0. The van der Waals surface area contributed by atoms with E-state index in [4.69, 9.17) is 0 Å². The maximum atomic E-state index is 11.8. The van der Waals surface area contributed by atoms with Crippen molar-refractivity contribution in [2.24, 2.45) is 16.7 Å². The molecule has 0 aliphatic heterocycles. The Hall–Kier alpha value is -0.590. The van der Waals surface area contributed by atoms with Crippen molar-refractivity contribution in [1.82, 2.24) is 0 Å². The number of Topliss-reactive ketones (excluding diaryl/α,β-unsaturated/α-hetero) is 1. The highest BCUT2D eigenvalue weighted by molar-refractivity contribution is 5.94. The number of carbonyl (C=O) groups excluding carboxylic acids is 1. The number of hydrogen-bond acceptors (Lipinski definition) is 1. The Bertz CT molecular complexity index is 337. The number of fused-ring (bicyclic) bond motifs is 1. The smallest absolute Gasteiger partial charge is 0.156 e. The summed E-state index contributed by atoms with van der Waals surface area (Å²) in [6, 6.07) is 0. The molecular weight excluding hydrogens is 196 g/mol. The second-order valence-electron chi connectivity index (χ2n) is 6.56. The fourth-order valence-electron chi connectivity index (χ4n) is 4.33. The van der Waals surface area contributed by atoms with Crippen LogP contribution in [-0.2, 0) is 4.79 Å². The molecule has 90 valence electrons. The first kappa shape index (κ1) is 11.9. The number of carbonyl (C=O) groups is 1. The summed E-state index contributed by atoms with van der Waals surface area (Å²) in [6.45, 7) is 8.84. The van der Waals surface area contributed by atoms with Gasteiger partial charge in [0.2, 0.25) is 0 Å². The minimum Gasteiger partial charge on any atom is -0.295 e. The van der Waals surface area contributed by atoms with Crippen LogP contribution in [0.15, 0.2) is 11.6 Å². The normalized spacial score (nSPS) is 37.5. The van der Waals surface area contributed by atoms with Crippen LogP contribution in [0.5, 0.6) is 0 Å². The van der Waals surface area contributed by atoms with Gasteiger partial charge in [-0.1, -0.05) is 33.3 Å². The molecule has 2 rings (SSSR count). The second-order valence-corrected chi connectivity index (χ2v) is 6.56. The van der Waals surface area contributed by atoms with E-state index in [1.807, 2.05) is 0 Å². The molecule has 2 aliphatic rings. The molecule has 0 N–H and O–H groups in total. The third-order valence-electron chi connectivity index (χ3n) is 5.03. The van der Waals surface area contributed by atoms with Gasteiger partial charge in [-0.25, -0.2) is 0 Å². The molecule has 0 amide bonds. The van der Waals surface area contributed by atoms with Crippen LogP contribution in [0.4, 0.5) is 0 Å². The molecule has 0 unspecified atom stereocenters. The summed E-state index contributed by atoms with van der Waals surface area (Å²) in [6.07, 6.45) is 8.36. The van der Waals surface area contributed by atoms with Crippen LogP contribution in [-0.4, -0.2) is 5.78 Å². The van der Waals surface area contributed by atoms with E-state index in [-0.39, 0.29) is 5.41 Å². The maximum Gasteiger partial charge on any atom is 0.156 e. The Morgan fingerprint density at radius 2 is 2.00 bits per heavy atom. The lowest BCUT2D eigenvalue weighted by atomic mass is 9.51. The number of hydrogen-bond donors (Lipinski definition) is 0. The van der Waals surface area contributed by atoms with Crippen molar-refractivity contribution < 1.29 is 4.79 Å². The molecule has 1 nitrogen and oxygen atoms in total. The minimum absolute atomic E-state index is 0.159. The first-order valence-electron chi connectivity index (χ1n) is 6.59. The molecule has 0 heterocycles. The van der Waals surface area contributed by atoms with E-state index in [2.05, 4.69) is 26.8 Å². The van der Waals surface area contributed by atoms with E-state index in [1.165, 1.54) is 25.7 Å². The Morgan fingerprint density at radius 3 is 2.62 bits per heavy atom. The molecule has 0 radical (unpaired) electrons. The fraction of sp³-hybridized carbons (Fsp3) is 0.800. The van der Waals surface area contributed by atoms with Crippen LogP contribution in [0, 0.1) is 16.7 Å². The van der Waals surface area contributed by atoms with Crippen molar-refractivity contribution in [3.63, 3.8) is 0 Å². The lowest BCUT2D eigenvalue weighted by molar-refractivity contribution is -0.116. The molecule has 0 spiro atoms. The molecule has 0 bridgehead atoms. The van der Waals surface area contributed by atoms with Gasteiger partial charge in [0.1, 0.15) is 0 Å². The summed E-state index contributed by atoms with van der Waals surface area (Å²) in [7, 11) is 0. The van der Waals surface area contributed by atoms with Gasteiger partial charge in [-0.2, -0.15) is 0 Å². The van der Waals surface area contributed by atoms with E-state index in [0.29, 0.717) is 17.1 Å². The summed E-state index contributed by atoms with van der Waals surface area (Å²) in [4.78, 5) is 11.8. The molecule has 16 heavy (non-hydrogen) atoms. The number of ketones is 1. The largest absolute Gasteiger partial charge is 0.295 e. The lowest BCUT2D eigenvalue weighted by Crippen LogP contribution is -2.46. The van der Waals surface area contributed by atoms with Crippen LogP contribution in [0.2, 0.25) is 0 Å². The quantitative estimate of drug-likeness (QED) is 0.649. The third-order valence-corrected chi connectivity index (χ3v) is 5.03. The van der Waals surface area contributed by atoms with Crippen LogP contribution >= 0.6 is 0 Å². The molecule has 1 heteroatoms. The third kappa shape index (κ3) is 1.65. The van der Waals surface area contributed by atoms with Crippen LogP contribution in [0.3, 0.4) is 0 Å². The Kier molecular flexibility index (Phi) is 2.76. The molecule has 0 aromatic rings. The van der Waals surface area contributed by atoms with Gasteiger partial charge >= 0.3 is 0 Å². The lowest BCUT2D eigenvalue weighted by Gasteiger charge is -2.53. The van der Waals surface area contributed by atoms with Crippen molar-refractivity contribution in [3.8, 4) is 0 Å². The van der Waals surface area contributed by atoms with Crippen molar-refractivity contribution in [3.05, 3.63) is 11.6 Å². The maximum absolute atomic E-state index is 11.8. The zero-order valence-corrected chi connectivity index (χ0v) is 11.1. The molecule has 1 fully saturated rings. The molecule has 2 atom stereocenters. The summed E-state index contributed by atoms with van der Waals surface area (Å²) < 4.78 is 0. The van der Waals surface area contributed by atoms with E-state index in [0.717, 1.165) is 12.0 Å². The van der Waals surface area contributed by atoms with Gasteiger partial charge in [0, 0.05) is 0 Å². The first-order valence-corrected chi connectivity index (χ1v) is 6.59. The average Bonchev–Trinajstić information content (AvgIpc) is 2.15. The molecule has 1 saturated carbocycles. The van der Waals surface area contributed by atoms with Crippen molar-refractivity contribution >= 4 is 5.78 Å². The predicted octanol–water partition coefficient (Wildman–Crippen LogP) is 4.13. The van der Waals surface area contributed by atoms with Crippen LogP contribution in [0.25, 0.3) is 0 Å². The monoisotopic (exact) mass is 220 g/mol. The van der Waals surface area contributed by atoms with E-state index < -0.39 is 0 Å². The van der Waals surface area contributed by atoms with Gasteiger partial charge < -0.3 is 0 Å². The Morgan fingerprint density at radius 1 is 1.31 bits per heavy atom. The Labute approximate surface area is 99.3 Å². The van der Waals surface area contributed by atoms with E-state index in [1.54, 1.807) is 6.92 Å². The van der Waals surface area contributed by atoms with Gasteiger partial charge in [0.05, 0.1) is 0 Å². The highest BCUT2D eigenvalue weighted by Crippen LogP contribution is 2.58. The van der Waals surface area contributed by atoms with E-state index >= 15 is 0 Å². The fourth-order valence-corrected chi connectivity index (χ4v) is 4.33. The van der Waals surface area contributed by atoms with Gasteiger partial charge in [0.25, 0.3) is 0 Å². The summed E-state index contributed by atoms with van der Waals surface area (Å²) in [5.41, 5.74) is 1.69. The SMILES string of the molecule is CC(=O)C1=CCC[C@H]2C(C)(C)CCC[C@]12C. The topological polar surface area (TPSA) is 17.1 Å².